The van der Waals surface area contributed by atoms with Gasteiger partial charge in [0.05, 0.1) is 7.11 Å². The lowest BCUT2D eigenvalue weighted by Gasteiger charge is -2.01. The molecule has 0 bridgehead atoms. The molecule has 0 spiro atoms. The van der Waals surface area contributed by atoms with Crippen molar-refractivity contribution < 1.29 is 14.0 Å². The molecule has 1 aromatic heterocycles. The highest BCUT2D eigenvalue weighted by Gasteiger charge is 2.09. The fourth-order valence-electron chi connectivity index (χ4n) is 1.83. The lowest BCUT2D eigenvalue weighted by molar-refractivity contribution is 0.243. The third-order valence-corrected chi connectivity index (χ3v) is 2.92. The molecule has 0 N–H and O–H groups in total. The van der Waals surface area contributed by atoms with Gasteiger partial charge in [0.2, 0.25) is 5.82 Å². The lowest BCUT2D eigenvalue weighted by Crippen LogP contribution is -1.95. The average Bonchev–Trinajstić information content (AvgIpc) is 3.03. The monoisotopic (exact) mass is 282 g/mol. The number of para-hydroxylation sites is 1. The number of nitrogens with zero attached hydrogens (tertiary/aromatic N) is 2. The Morgan fingerprint density at radius 2 is 1.71 bits per heavy atom. The van der Waals surface area contributed by atoms with Crippen LogP contribution in [-0.4, -0.2) is 17.3 Å². The van der Waals surface area contributed by atoms with Gasteiger partial charge in [0, 0.05) is 5.56 Å². The Kier molecular flexibility index (Phi) is 3.82. The SMILES string of the molecule is COc1ccc(-c2noc(COc3ccccc3)n2)cc1. The minimum atomic E-state index is 0.243. The maximum Gasteiger partial charge on any atom is 0.264 e. The summed E-state index contributed by atoms with van der Waals surface area (Å²) in [4.78, 5) is 4.31. The second kappa shape index (κ2) is 6.09. The van der Waals surface area contributed by atoms with Gasteiger partial charge in [-0.2, -0.15) is 4.98 Å². The molecular formula is C16H14N2O3. The number of hydrogen-bond donors (Lipinski definition) is 0. The maximum absolute atomic E-state index is 5.56. The summed E-state index contributed by atoms with van der Waals surface area (Å²) in [6, 6.07) is 17.0. The van der Waals surface area contributed by atoms with E-state index < -0.39 is 0 Å². The molecule has 3 aromatic rings. The van der Waals surface area contributed by atoms with E-state index in [9.17, 15) is 0 Å². The van der Waals surface area contributed by atoms with Gasteiger partial charge in [-0.25, -0.2) is 0 Å². The first-order chi connectivity index (χ1) is 10.3. The molecular weight excluding hydrogens is 268 g/mol. The number of rotatable bonds is 5. The van der Waals surface area contributed by atoms with E-state index in [-0.39, 0.29) is 6.61 Å². The summed E-state index contributed by atoms with van der Waals surface area (Å²) < 4.78 is 15.9. The summed E-state index contributed by atoms with van der Waals surface area (Å²) in [5.41, 5.74) is 0.866. The Balaban J connectivity index is 1.68. The van der Waals surface area contributed by atoms with Crippen LogP contribution in [0.4, 0.5) is 0 Å². The van der Waals surface area contributed by atoms with E-state index in [1.807, 2.05) is 54.6 Å². The van der Waals surface area contributed by atoms with Crippen LogP contribution in [0, 0.1) is 0 Å². The van der Waals surface area contributed by atoms with E-state index in [1.165, 1.54) is 0 Å². The molecule has 0 saturated heterocycles. The quantitative estimate of drug-likeness (QED) is 0.718. The zero-order valence-corrected chi connectivity index (χ0v) is 11.5. The van der Waals surface area contributed by atoms with Gasteiger partial charge < -0.3 is 14.0 Å². The molecule has 1 heterocycles. The third-order valence-electron chi connectivity index (χ3n) is 2.92. The van der Waals surface area contributed by atoms with Crippen LogP contribution in [0.2, 0.25) is 0 Å². The Labute approximate surface area is 122 Å². The minimum absolute atomic E-state index is 0.243. The lowest BCUT2D eigenvalue weighted by atomic mass is 10.2. The van der Waals surface area contributed by atoms with Crippen LogP contribution in [0.25, 0.3) is 11.4 Å². The van der Waals surface area contributed by atoms with Gasteiger partial charge in [0.25, 0.3) is 5.89 Å². The van der Waals surface area contributed by atoms with Gasteiger partial charge in [0.15, 0.2) is 6.61 Å². The Morgan fingerprint density at radius 1 is 0.952 bits per heavy atom. The molecule has 5 nitrogen and oxygen atoms in total. The molecule has 0 unspecified atom stereocenters. The molecule has 106 valence electrons. The first-order valence-corrected chi connectivity index (χ1v) is 6.50. The summed E-state index contributed by atoms with van der Waals surface area (Å²) in [7, 11) is 1.63. The summed E-state index contributed by atoms with van der Waals surface area (Å²) in [6.07, 6.45) is 0. The van der Waals surface area contributed by atoms with Crippen LogP contribution in [-0.2, 0) is 6.61 Å². The van der Waals surface area contributed by atoms with E-state index in [0.717, 1.165) is 17.1 Å². The van der Waals surface area contributed by atoms with Crippen molar-refractivity contribution in [3.63, 3.8) is 0 Å². The predicted molar refractivity (Wildman–Crippen MR) is 77.1 cm³/mol. The molecule has 0 fully saturated rings. The highest BCUT2D eigenvalue weighted by atomic mass is 16.5. The van der Waals surface area contributed by atoms with Crippen LogP contribution < -0.4 is 9.47 Å². The Morgan fingerprint density at radius 3 is 2.43 bits per heavy atom. The Hall–Kier alpha value is -2.82. The third kappa shape index (κ3) is 3.20. The molecule has 3 rings (SSSR count). The summed E-state index contributed by atoms with van der Waals surface area (Å²) >= 11 is 0. The van der Waals surface area contributed by atoms with E-state index in [4.69, 9.17) is 14.0 Å². The van der Waals surface area contributed by atoms with Crippen molar-refractivity contribution in [2.45, 2.75) is 6.61 Å². The van der Waals surface area contributed by atoms with Crippen LogP contribution in [0.1, 0.15) is 5.89 Å². The first kappa shape index (κ1) is 13.2. The van der Waals surface area contributed by atoms with E-state index >= 15 is 0 Å². The second-order valence-electron chi connectivity index (χ2n) is 4.34. The fourth-order valence-corrected chi connectivity index (χ4v) is 1.83. The average molecular weight is 282 g/mol. The molecule has 0 amide bonds. The second-order valence-corrected chi connectivity index (χ2v) is 4.34. The number of methoxy groups -OCH3 is 1. The van der Waals surface area contributed by atoms with Crippen LogP contribution in [0.5, 0.6) is 11.5 Å². The van der Waals surface area contributed by atoms with Crippen molar-refractivity contribution >= 4 is 0 Å². The fraction of sp³-hybridized carbons (Fsp3) is 0.125. The van der Waals surface area contributed by atoms with Crippen molar-refractivity contribution in [3.8, 4) is 22.9 Å². The molecule has 0 aliphatic carbocycles. The summed E-state index contributed by atoms with van der Waals surface area (Å²) in [5.74, 6) is 2.52. The van der Waals surface area contributed by atoms with Crippen molar-refractivity contribution in [2.75, 3.05) is 7.11 Å². The van der Waals surface area contributed by atoms with Crippen LogP contribution >= 0.6 is 0 Å². The number of aromatic nitrogens is 2. The van der Waals surface area contributed by atoms with E-state index in [1.54, 1.807) is 7.11 Å². The summed E-state index contributed by atoms with van der Waals surface area (Å²) in [5, 5.41) is 3.95. The molecule has 5 heteroatoms. The molecule has 0 aliphatic heterocycles. The zero-order valence-electron chi connectivity index (χ0n) is 11.5. The molecule has 0 radical (unpaired) electrons. The van der Waals surface area contributed by atoms with Crippen molar-refractivity contribution in [3.05, 3.63) is 60.5 Å². The van der Waals surface area contributed by atoms with E-state index in [2.05, 4.69) is 10.1 Å². The largest absolute Gasteiger partial charge is 0.497 e. The molecule has 21 heavy (non-hydrogen) atoms. The van der Waals surface area contributed by atoms with Gasteiger partial charge >= 0.3 is 0 Å². The van der Waals surface area contributed by atoms with Gasteiger partial charge in [-0.3, -0.25) is 0 Å². The van der Waals surface area contributed by atoms with Gasteiger partial charge in [-0.15, -0.1) is 0 Å². The standard InChI is InChI=1S/C16H14N2O3/c1-19-13-9-7-12(8-10-13)16-17-15(21-18-16)11-20-14-5-3-2-4-6-14/h2-10H,11H2,1H3. The number of hydrogen-bond acceptors (Lipinski definition) is 5. The normalized spacial score (nSPS) is 10.3. The summed E-state index contributed by atoms with van der Waals surface area (Å²) in [6.45, 7) is 0.243. The van der Waals surface area contributed by atoms with Gasteiger partial charge in [0.1, 0.15) is 11.5 Å². The van der Waals surface area contributed by atoms with Crippen molar-refractivity contribution in [1.29, 1.82) is 0 Å². The smallest absolute Gasteiger partial charge is 0.264 e. The Bertz CT molecular complexity index is 693. The zero-order chi connectivity index (χ0) is 14.5. The maximum atomic E-state index is 5.56. The molecule has 0 atom stereocenters. The van der Waals surface area contributed by atoms with Crippen LogP contribution in [0.15, 0.2) is 59.1 Å². The minimum Gasteiger partial charge on any atom is -0.497 e. The van der Waals surface area contributed by atoms with Gasteiger partial charge in [-0.05, 0) is 36.4 Å². The molecule has 0 saturated carbocycles. The topological polar surface area (TPSA) is 57.4 Å². The van der Waals surface area contributed by atoms with Crippen molar-refractivity contribution in [1.82, 2.24) is 10.1 Å². The molecule has 2 aromatic carbocycles. The van der Waals surface area contributed by atoms with Crippen molar-refractivity contribution in [2.24, 2.45) is 0 Å². The van der Waals surface area contributed by atoms with E-state index in [0.29, 0.717) is 11.7 Å². The highest BCUT2D eigenvalue weighted by molar-refractivity contribution is 5.55. The molecule has 0 aliphatic rings. The van der Waals surface area contributed by atoms with Gasteiger partial charge in [-0.1, -0.05) is 23.4 Å². The number of benzene rings is 2. The predicted octanol–water partition coefficient (Wildman–Crippen LogP) is 3.32. The number of ether oxygens (including phenoxy) is 2. The first-order valence-electron chi connectivity index (χ1n) is 6.50. The highest BCUT2D eigenvalue weighted by Crippen LogP contribution is 2.20. The van der Waals surface area contributed by atoms with Crippen LogP contribution in [0.3, 0.4) is 0 Å².